The summed E-state index contributed by atoms with van der Waals surface area (Å²) in [7, 11) is 0. The first-order chi connectivity index (χ1) is 12.9. The van der Waals surface area contributed by atoms with Crippen LogP contribution in [0.2, 0.25) is 0 Å². The van der Waals surface area contributed by atoms with Crippen molar-refractivity contribution in [2.75, 3.05) is 5.75 Å². The van der Waals surface area contributed by atoms with Crippen LogP contribution in [-0.4, -0.2) is 21.1 Å². The quantitative estimate of drug-likeness (QED) is 0.479. The van der Waals surface area contributed by atoms with Crippen molar-refractivity contribution in [1.82, 2.24) is 9.38 Å². The van der Waals surface area contributed by atoms with Crippen LogP contribution in [0.5, 0.6) is 0 Å². The molecule has 0 spiro atoms. The lowest BCUT2D eigenvalue weighted by molar-refractivity contribution is -0.144. The highest BCUT2D eigenvalue weighted by molar-refractivity contribution is 7.99. The van der Waals surface area contributed by atoms with Crippen molar-refractivity contribution in [2.45, 2.75) is 38.7 Å². The fourth-order valence-electron chi connectivity index (χ4n) is 2.72. The SMILES string of the molecule is Cc1ccc(SCCC(=O)OCc2cc(=O)n3c(C)cccc3n2)cc1C. The van der Waals surface area contributed by atoms with Gasteiger partial charge in [-0.3, -0.25) is 14.0 Å². The molecule has 1 aromatic carbocycles. The minimum absolute atomic E-state index is 0.00677. The summed E-state index contributed by atoms with van der Waals surface area (Å²) in [5, 5.41) is 0. The summed E-state index contributed by atoms with van der Waals surface area (Å²) in [4.78, 5) is 29.7. The van der Waals surface area contributed by atoms with Gasteiger partial charge in [-0.05, 0) is 56.2 Å². The van der Waals surface area contributed by atoms with Crippen LogP contribution in [0.15, 0.2) is 52.2 Å². The number of benzene rings is 1. The van der Waals surface area contributed by atoms with Crippen LogP contribution in [-0.2, 0) is 16.1 Å². The number of aryl methyl sites for hydroxylation is 3. The third-order valence-electron chi connectivity index (χ3n) is 4.37. The highest BCUT2D eigenvalue weighted by Gasteiger charge is 2.08. The summed E-state index contributed by atoms with van der Waals surface area (Å²) in [6.45, 7) is 6.01. The van der Waals surface area contributed by atoms with Gasteiger partial charge in [0, 0.05) is 22.4 Å². The molecule has 0 radical (unpaired) electrons. The van der Waals surface area contributed by atoms with Crippen LogP contribution in [0.1, 0.15) is 28.9 Å². The van der Waals surface area contributed by atoms with Crippen molar-refractivity contribution in [3.05, 3.63) is 75.3 Å². The Morgan fingerprint density at radius 3 is 2.70 bits per heavy atom. The fourth-order valence-corrected chi connectivity index (χ4v) is 3.65. The number of pyridine rings is 1. The molecule has 0 atom stereocenters. The number of fused-ring (bicyclic) bond motifs is 1. The zero-order valence-electron chi connectivity index (χ0n) is 15.7. The summed E-state index contributed by atoms with van der Waals surface area (Å²) in [5.74, 6) is 0.353. The molecule has 0 fully saturated rings. The smallest absolute Gasteiger partial charge is 0.307 e. The largest absolute Gasteiger partial charge is 0.459 e. The van der Waals surface area contributed by atoms with Gasteiger partial charge in [-0.15, -0.1) is 11.8 Å². The molecule has 27 heavy (non-hydrogen) atoms. The monoisotopic (exact) mass is 382 g/mol. The van der Waals surface area contributed by atoms with Crippen LogP contribution >= 0.6 is 11.8 Å². The Morgan fingerprint density at radius 2 is 1.93 bits per heavy atom. The molecule has 0 amide bonds. The summed E-state index contributed by atoms with van der Waals surface area (Å²) in [5.41, 5.74) is 4.16. The van der Waals surface area contributed by atoms with Crippen molar-refractivity contribution >= 4 is 23.4 Å². The van der Waals surface area contributed by atoms with Gasteiger partial charge in [0.2, 0.25) is 0 Å². The van der Waals surface area contributed by atoms with Crippen molar-refractivity contribution in [2.24, 2.45) is 0 Å². The van der Waals surface area contributed by atoms with Crippen LogP contribution < -0.4 is 5.56 Å². The van der Waals surface area contributed by atoms with E-state index in [4.69, 9.17) is 4.74 Å². The van der Waals surface area contributed by atoms with Crippen LogP contribution in [0.4, 0.5) is 0 Å². The maximum absolute atomic E-state index is 12.2. The minimum atomic E-state index is -0.294. The Morgan fingerprint density at radius 1 is 1.11 bits per heavy atom. The molecular weight excluding hydrogens is 360 g/mol. The van der Waals surface area contributed by atoms with E-state index in [1.165, 1.54) is 21.6 Å². The first-order valence-corrected chi connectivity index (χ1v) is 9.76. The Labute approximate surface area is 162 Å². The number of nitrogens with zero attached hydrogens (tertiary/aromatic N) is 2. The topological polar surface area (TPSA) is 60.7 Å². The van der Waals surface area contributed by atoms with E-state index in [1.54, 1.807) is 17.8 Å². The molecule has 0 unspecified atom stereocenters. The van der Waals surface area contributed by atoms with Gasteiger partial charge in [-0.25, -0.2) is 4.98 Å². The number of esters is 1. The number of rotatable bonds is 6. The first kappa shape index (κ1) is 19.2. The molecule has 5 nitrogen and oxygen atoms in total. The average molecular weight is 382 g/mol. The second-order valence-electron chi connectivity index (χ2n) is 6.45. The van der Waals surface area contributed by atoms with Gasteiger partial charge in [0.25, 0.3) is 5.56 Å². The average Bonchev–Trinajstić information content (AvgIpc) is 2.63. The van der Waals surface area contributed by atoms with Crippen molar-refractivity contribution < 1.29 is 9.53 Å². The number of hydrogen-bond donors (Lipinski definition) is 0. The molecule has 0 aliphatic rings. The Hall–Kier alpha value is -2.60. The van der Waals surface area contributed by atoms with Crippen LogP contribution in [0, 0.1) is 20.8 Å². The van der Waals surface area contributed by atoms with Gasteiger partial charge in [-0.2, -0.15) is 0 Å². The number of aromatic nitrogens is 2. The zero-order chi connectivity index (χ0) is 19.4. The zero-order valence-corrected chi connectivity index (χ0v) is 16.5. The fraction of sp³-hybridized carbons (Fsp3) is 0.286. The van der Waals surface area contributed by atoms with Gasteiger partial charge in [0.15, 0.2) is 0 Å². The Kier molecular flexibility index (Phi) is 5.96. The standard InChI is InChI=1S/C21H22N2O3S/c1-14-7-8-18(11-15(14)2)27-10-9-21(25)26-13-17-12-20(24)23-16(3)5-4-6-19(23)22-17/h4-8,11-12H,9-10,13H2,1-3H3. The maximum Gasteiger partial charge on any atom is 0.307 e. The summed E-state index contributed by atoms with van der Waals surface area (Å²) >= 11 is 1.63. The third-order valence-corrected chi connectivity index (χ3v) is 5.36. The number of hydrogen-bond acceptors (Lipinski definition) is 5. The van der Waals surface area contributed by atoms with Gasteiger partial charge in [0.1, 0.15) is 12.3 Å². The van der Waals surface area contributed by atoms with Crippen LogP contribution in [0.25, 0.3) is 5.65 Å². The van der Waals surface area contributed by atoms with E-state index in [1.807, 2.05) is 19.1 Å². The molecule has 6 heteroatoms. The number of ether oxygens (including phenoxy) is 1. The molecule has 2 heterocycles. The van der Waals surface area contributed by atoms with E-state index < -0.39 is 0 Å². The van der Waals surface area contributed by atoms with E-state index in [0.717, 1.165) is 10.6 Å². The molecule has 0 aliphatic carbocycles. The van der Waals surface area contributed by atoms with E-state index in [9.17, 15) is 9.59 Å². The normalized spacial score (nSPS) is 10.9. The lowest BCUT2D eigenvalue weighted by Gasteiger charge is -2.08. The van der Waals surface area contributed by atoms with Crippen molar-refractivity contribution in [3.63, 3.8) is 0 Å². The van der Waals surface area contributed by atoms with Gasteiger partial charge in [-0.1, -0.05) is 12.1 Å². The minimum Gasteiger partial charge on any atom is -0.459 e. The molecule has 3 rings (SSSR count). The predicted molar refractivity (Wildman–Crippen MR) is 107 cm³/mol. The Balaban J connectivity index is 1.54. The van der Waals surface area contributed by atoms with Gasteiger partial charge in [0.05, 0.1) is 12.1 Å². The molecule has 0 bridgehead atoms. The molecule has 2 aromatic heterocycles. The van der Waals surface area contributed by atoms with E-state index in [2.05, 4.69) is 37.0 Å². The molecule has 0 saturated carbocycles. The highest BCUT2D eigenvalue weighted by atomic mass is 32.2. The number of thioether (sulfide) groups is 1. The maximum atomic E-state index is 12.2. The molecule has 0 saturated heterocycles. The number of carbonyl (C=O) groups is 1. The van der Waals surface area contributed by atoms with E-state index in [0.29, 0.717) is 23.5 Å². The van der Waals surface area contributed by atoms with Crippen LogP contribution in [0.3, 0.4) is 0 Å². The second-order valence-corrected chi connectivity index (χ2v) is 7.62. The van der Waals surface area contributed by atoms with E-state index >= 15 is 0 Å². The summed E-state index contributed by atoms with van der Waals surface area (Å²) < 4.78 is 6.81. The summed E-state index contributed by atoms with van der Waals surface area (Å²) in [6.07, 6.45) is 0.309. The first-order valence-electron chi connectivity index (χ1n) is 8.78. The van der Waals surface area contributed by atoms with E-state index in [-0.39, 0.29) is 18.1 Å². The molecule has 0 aliphatic heterocycles. The van der Waals surface area contributed by atoms with Crippen molar-refractivity contribution in [3.8, 4) is 0 Å². The second kappa shape index (κ2) is 8.39. The Bertz CT molecular complexity index is 1040. The highest BCUT2D eigenvalue weighted by Crippen LogP contribution is 2.21. The predicted octanol–water partition coefficient (Wildman–Crippen LogP) is 3.85. The molecule has 3 aromatic rings. The molecular formula is C21H22N2O3S. The molecule has 140 valence electrons. The van der Waals surface area contributed by atoms with Gasteiger partial charge >= 0.3 is 5.97 Å². The van der Waals surface area contributed by atoms with Crippen molar-refractivity contribution in [1.29, 1.82) is 0 Å². The molecule has 0 N–H and O–H groups in total. The lowest BCUT2D eigenvalue weighted by Crippen LogP contribution is -2.18. The van der Waals surface area contributed by atoms with Gasteiger partial charge < -0.3 is 4.74 Å². The summed E-state index contributed by atoms with van der Waals surface area (Å²) in [6, 6.07) is 13.1. The number of carbonyl (C=O) groups excluding carboxylic acids is 1. The lowest BCUT2D eigenvalue weighted by atomic mass is 10.1. The third kappa shape index (κ3) is 4.77.